The van der Waals surface area contributed by atoms with Crippen molar-refractivity contribution in [1.29, 1.82) is 0 Å². The number of aromatic hydroxyl groups is 1. The first-order valence-corrected chi connectivity index (χ1v) is 37.9. The van der Waals surface area contributed by atoms with E-state index in [-0.39, 0.29) is 24.1 Å². The highest BCUT2D eigenvalue weighted by atomic mass is 32.3. The highest BCUT2D eigenvalue weighted by molar-refractivity contribution is 7.81. The maximum Gasteiger partial charge on any atom is 0.446 e. The van der Waals surface area contributed by atoms with Crippen LogP contribution in [0.2, 0.25) is 0 Å². The summed E-state index contributed by atoms with van der Waals surface area (Å²) in [5.74, 6) is -11.1. The molecule has 6 fully saturated rings. The summed E-state index contributed by atoms with van der Waals surface area (Å²) in [4.78, 5) is 133. The van der Waals surface area contributed by atoms with E-state index in [1.807, 2.05) is 41.6 Å². The molecule has 7 heterocycles. The van der Waals surface area contributed by atoms with Crippen LogP contribution < -0.4 is 41.0 Å². The van der Waals surface area contributed by atoms with Crippen molar-refractivity contribution in [3.05, 3.63) is 60.4 Å². The minimum atomic E-state index is -5.26. The maximum absolute atomic E-state index is 15.3. The summed E-state index contributed by atoms with van der Waals surface area (Å²) < 4.78 is 49.5. The lowest BCUT2D eigenvalue weighted by Gasteiger charge is -2.39. The predicted molar refractivity (Wildman–Crippen MR) is 379 cm³/mol. The number of amides is 8. The minimum absolute atomic E-state index is 0.139. The van der Waals surface area contributed by atoms with E-state index in [0.29, 0.717) is 48.1 Å². The third kappa shape index (κ3) is 20.4. The molecule has 106 heavy (non-hydrogen) atoms. The van der Waals surface area contributed by atoms with E-state index in [4.69, 9.17) is 25.2 Å². The smallest absolute Gasteiger partial charge is 0.446 e. The number of ether oxygens (including phenoxy) is 2. The number of hydrogen-bond donors (Lipinski definition) is 13. The standard InChI is InChI=1S/C69H96N14O21S2/c1-36-33-83-57(58(36)91)62(95)71-32-43(85)27-48(60(93)74-54(37(2)84)64(96)81-35-44(86)28-47(81)59(92)75-55(61(94)76-56(65(83)97)51(89)29-53(70)90)50(88)25-39-11-16-49(87)52(26-39)104-106(99,100)101)82(68(98)103-69(3,4)5)34-38-17-21-80(22-18-38)67-78-77-63(105-67)41-14-12-40(13-15-41)42-30-72-66(73-31-42)79-23-19-46(20-24-79)102-45-9-7-6-8-10-45/h11-16,26,30-31,36-38,43-48,50-51,54-58,84-89,91H,6-10,17-25,27-29,32-35H2,1-5H3,(H2,70,90)(H,71,95)(H,74,93)(H,75,92)(H,76,94)(H,99,100,101)/t36-,37+,43+,44+,47-,48?,50+,51+,54-,55-,56-,57-,58-/m0/s1. The number of benzene rings is 2. The number of rotatable bonds is 18. The molecule has 2 aromatic heterocycles. The average Bonchev–Trinajstić information content (AvgIpc) is 1.60. The number of aliphatic hydroxyl groups excluding tert-OH is 6. The number of nitrogens with zero attached hydrogens (tertiary/aromatic N) is 9. The average molecular weight is 1520 g/mol. The highest BCUT2D eigenvalue weighted by Crippen LogP contribution is 2.36. The fourth-order valence-corrected chi connectivity index (χ4v) is 15.7. The lowest BCUT2D eigenvalue weighted by Crippen LogP contribution is -2.64. The second kappa shape index (κ2) is 34.6. The Morgan fingerprint density at radius 1 is 0.726 bits per heavy atom. The van der Waals surface area contributed by atoms with Gasteiger partial charge in [0, 0.05) is 101 Å². The van der Waals surface area contributed by atoms with Crippen molar-refractivity contribution in [3.63, 3.8) is 0 Å². The minimum Gasteiger partial charge on any atom is -0.504 e. The fraction of sp³-hybridized carbons (Fsp3) is 0.623. The summed E-state index contributed by atoms with van der Waals surface area (Å²) in [5, 5.41) is 99.8. The second-order valence-electron chi connectivity index (χ2n) is 29.4. The van der Waals surface area contributed by atoms with Crippen LogP contribution in [0.5, 0.6) is 11.5 Å². The zero-order valence-corrected chi connectivity index (χ0v) is 61.2. The largest absolute Gasteiger partial charge is 0.504 e. The molecule has 10 rings (SSSR count). The molecule has 1 saturated carbocycles. The van der Waals surface area contributed by atoms with Crippen LogP contribution in [-0.2, 0) is 59.9 Å². The Bertz CT molecular complexity index is 3890. The van der Waals surface area contributed by atoms with Crippen LogP contribution in [0, 0.1) is 11.8 Å². The quantitative estimate of drug-likeness (QED) is 0.0554. The van der Waals surface area contributed by atoms with Gasteiger partial charge in [-0.05, 0) is 95.4 Å². The van der Waals surface area contributed by atoms with Crippen molar-refractivity contribution in [2.24, 2.45) is 17.6 Å². The summed E-state index contributed by atoms with van der Waals surface area (Å²) in [7, 11) is -5.26. The molecule has 2 aromatic carbocycles. The molecule has 5 saturated heterocycles. The molecular weight excluding hydrogens is 1420 g/mol. The number of aromatic nitrogens is 4. The van der Waals surface area contributed by atoms with Gasteiger partial charge in [-0.3, -0.25) is 43.0 Å². The summed E-state index contributed by atoms with van der Waals surface area (Å²) in [6.45, 7) is 7.73. The molecule has 14 N–H and O–H groups in total. The van der Waals surface area contributed by atoms with Crippen molar-refractivity contribution in [1.82, 2.24) is 56.1 Å². The van der Waals surface area contributed by atoms with Gasteiger partial charge in [-0.25, -0.2) is 14.8 Å². The Kier molecular flexibility index (Phi) is 26.1. The summed E-state index contributed by atoms with van der Waals surface area (Å²) in [5.41, 5.74) is 6.70. The van der Waals surface area contributed by atoms with Gasteiger partial charge in [0.25, 0.3) is 0 Å². The van der Waals surface area contributed by atoms with Crippen LogP contribution in [0.15, 0.2) is 54.9 Å². The number of piperidine rings is 2. The summed E-state index contributed by atoms with van der Waals surface area (Å²) in [6, 6.07) is -1.40. The van der Waals surface area contributed by atoms with Crippen LogP contribution in [0.25, 0.3) is 21.7 Å². The molecular formula is C69H96N14O21S2. The zero-order chi connectivity index (χ0) is 76.6. The molecule has 1 unspecified atom stereocenters. The van der Waals surface area contributed by atoms with Gasteiger partial charge >= 0.3 is 16.5 Å². The molecule has 35 nitrogen and oxygen atoms in total. The number of carbonyl (C=O) groups is 8. The van der Waals surface area contributed by atoms with Crippen LogP contribution in [0.4, 0.5) is 15.9 Å². The number of primary amides is 1. The number of hydrogen-bond acceptors (Lipinski definition) is 27. The van der Waals surface area contributed by atoms with Crippen LogP contribution in [0.3, 0.4) is 0 Å². The zero-order valence-electron chi connectivity index (χ0n) is 59.6. The van der Waals surface area contributed by atoms with E-state index < -0.39 is 199 Å². The number of nitrogens with two attached hydrogens (primary N) is 1. The molecule has 1 aliphatic carbocycles. The number of carbonyl (C=O) groups excluding carboxylic acids is 8. The van der Waals surface area contributed by atoms with Gasteiger partial charge in [0.05, 0.1) is 55.3 Å². The van der Waals surface area contributed by atoms with Gasteiger partial charge in [-0.15, -0.1) is 10.2 Å². The number of phenolic OH excluding ortho intramolecular Hbond substituents is 1. The molecule has 580 valence electrons. The van der Waals surface area contributed by atoms with Gasteiger partial charge in [0.15, 0.2) is 11.5 Å². The highest BCUT2D eigenvalue weighted by Gasteiger charge is 2.51. The molecule has 4 aromatic rings. The third-order valence-corrected chi connectivity index (χ3v) is 21.4. The monoisotopic (exact) mass is 1520 g/mol. The van der Waals surface area contributed by atoms with E-state index in [9.17, 15) is 82.3 Å². The van der Waals surface area contributed by atoms with Crippen LogP contribution >= 0.6 is 11.3 Å². The van der Waals surface area contributed by atoms with Crippen molar-refractivity contribution in [2.75, 3.05) is 62.2 Å². The first-order valence-electron chi connectivity index (χ1n) is 35.7. The molecule has 0 bridgehead atoms. The molecule has 37 heteroatoms. The second-order valence-corrected chi connectivity index (χ2v) is 31.3. The molecule has 8 amide bonds. The van der Waals surface area contributed by atoms with Crippen LogP contribution in [0.1, 0.15) is 117 Å². The summed E-state index contributed by atoms with van der Waals surface area (Å²) in [6.07, 6.45) is -2.34. The number of nitrogens with one attached hydrogen (secondary N) is 4. The third-order valence-electron chi connectivity index (χ3n) is 20.0. The lowest BCUT2D eigenvalue weighted by atomic mass is 9.95. The summed E-state index contributed by atoms with van der Waals surface area (Å²) >= 11 is 1.38. The van der Waals surface area contributed by atoms with Crippen molar-refractivity contribution in [2.45, 2.75) is 209 Å². The van der Waals surface area contributed by atoms with Gasteiger partial charge in [0.1, 0.15) is 46.9 Å². The van der Waals surface area contributed by atoms with Crippen molar-refractivity contribution < 1.29 is 101 Å². The SMILES string of the molecule is C[C@@H](O)[C@@H]1NC(=O)C(N(CC2CCN(c3nnc(-c4ccc(-c5cnc(N6CCC(OC7CCCCC7)CC6)nc5)cc4)s3)CC2)C(=O)OC(C)(C)C)C[C@@H](O)CNC(=O)[C@@H]2[C@@H](O)[C@@H](C)CN2C(=O)[C@H]([C@H](O)CC(N)=O)NC(=O)[C@H]([C@H](O)Cc2ccc(O)c(OS(=O)(=O)O)c2)NC(=O)[C@@H]2C[C@@H](O)CN2C1=O. The van der Waals surface area contributed by atoms with Gasteiger partial charge in [0.2, 0.25) is 52.4 Å². The molecule has 0 spiro atoms. The number of β-amino-alcohol motifs (C(OH)–C–C–N with tert-alkyl or cyclic N) is 1. The fourth-order valence-electron chi connectivity index (χ4n) is 14.4. The number of aliphatic hydroxyl groups is 6. The number of anilines is 2. The Balaban J connectivity index is 0.888. The number of fused-ring (bicyclic) bond motifs is 2. The molecule has 13 atom stereocenters. The van der Waals surface area contributed by atoms with E-state index >= 15 is 4.79 Å². The Labute approximate surface area is 616 Å². The Morgan fingerprint density at radius 3 is 1.99 bits per heavy atom. The van der Waals surface area contributed by atoms with Crippen molar-refractivity contribution >= 4 is 80.3 Å². The van der Waals surface area contributed by atoms with E-state index in [1.54, 1.807) is 20.8 Å². The first kappa shape index (κ1) is 80.0. The van der Waals surface area contributed by atoms with Gasteiger partial charge < -0.3 is 96.0 Å². The first-order chi connectivity index (χ1) is 50.2. The normalized spacial score (nSPS) is 26.5. The van der Waals surface area contributed by atoms with E-state index in [2.05, 4.69) is 40.5 Å². The molecule has 0 radical (unpaired) electrons. The van der Waals surface area contributed by atoms with Crippen molar-refractivity contribution in [3.8, 4) is 33.2 Å². The molecule has 6 aliphatic rings. The van der Waals surface area contributed by atoms with E-state index in [1.165, 1.54) is 37.5 Å². The van der Waals surface area contributed by atoms with E-state index in [0.717, 1.165) is 95.3 Å². The Hall–Kier alpha value is -8.53. The predicted octanol–water partition coefficient (Wildman–Crippen LogP) is -0.585. The number of phenols is 1. The van der Waals surface area contributed by atoms with Gasteiger partial charge in [-0.1, -0.05) is 67.9 Å². The maximum atomic E-state index is 15.3. The lowest BCUT2D eigenvalue weighted by molar-refractivity contribution is -0.147. The topological polar surface area (TPSA) is 502 Å². The van der Waals surface area contributed by atoms with Crippen LogP contribution in [-0.4, -0.2) is 274 Å². The molecule has 5 aliphatic heterocycles. The van der Waals surface area contributed by atoms with Gasteiger partial charge in [-0.2, -0.15) is 8.42 Å². The Morgan fingerprint density at radius 2 is 1.35 bits per heavy atom.